The highest BCUT2D eigenvalue weighted by molar-refractivity contribution is 7.92. The molecule has 0 radical (unpaired) electrons. The number of urea groups is 1. The fraction of sp³-hybridized carbons (Fsp3) is 0.576. The fourth-order valence-corrected chi connectivity index (χ4v) is 8.39. The van der Waals surface area contributed by atoms with Gasteiger partial charge in [-0.05, 0) is 105 Å². The maximum atomic E-state index is 13.9. The average Bonchev–Trinajstić information content (AvgIpc) is 3.00. The summed E-state index contributed by atoms with van der Waals surface area (Å²) < 4.78 is 32.9. The van der Waals surface area contributed by atoms with Gasteiger partial charge >= 0.3 is 6.03 Å². The topological polar surface area (TPSA) is 109 Å². The predicted molar refractivity (Wildman–Crippen MR) is 175 cm³/mol. The highest BCUT2D eigenvalue weighted by Gasteiger charge is 2.38. The molecule has 9 nitrogen and oxygen atoms in total. The fourth-order valence-electron chi connectivity index (χ4n) is 6.62. The van der Waals surface area contributed by atoms with Crippen LogP contribution in [-0.4, -0.2) is 54.8 Å². The van der Waals surface area contributed by atoms with Crippen molar-refractivity contribution in [1.82, 2.24) is 10.0 Å². The highest BCUT2D eigenvalue weighted by atomic mass is 35.5. The third-order valence-corrected chi connectivity index (χ3v) is 11.2. The summed E-state index contributed by atoms with van der Waals surface area (Å²) >= 11 is 6.43. The van der Waals surface area contributed by atoms with Gasteiger partial charge in [0.25, 0.3) is 5.91 Å². The lowest BCUT2D eigenvalue weighted by atomic mass is 9.69. The lowest BCUT2D eigenvalue weighted by Crippen LogP contribution is -2.44. The van der Waals surface area contributed by atoms with Gasteiger partial charge in [0, 0.05) is 37.3 Å². The summed E-state index contributed by atoms with van der Waals surface area (Å²) in [4.78, 5) is 28.4. The number of amides is 3. The third-order valence-electron chi connectivity index (χ3n) is 9.12. The Balaban J connectivity index is 1.59. The van der Waals surface area contributed by atoms with Crippen LogP contribution in [0.5, 0.6) is 5.75 Å². The van der Waals surface area contributed by atoms with Crippen molar-refractivity contribution in [2.24, 2.45) is 16.2 Å². The van der Waals surface area contributed by atoms with E-state index in [0.717, 1.165) is 68.6 Å². The van der Waals surface area contributed by atoms with Crippen molar-refractivity contribution in [3.05, 3.63) is 58.1 Å². The van der Waals surface area contributed by atoms with Gasteiger partial charge in [0.05, 0.1) is 24.2 Å². The minimum absolute atomic E-state index is 0.0963. The number of anilines is 1. The van der Waals surface area contributed by atoms with E-state index in [0.29, 0.717) is 49.3 Å². The summed E-state index contributed by atoms with van der Waals surface area (Å²) in [6.07, 6.45) is 8.34. The van der Waals surface area contributed by atoms with Crippen molar-refractivity contribution in [3.8, 4) is 5.75 Å². The first-order chi connectivity index (χ1) is 21.3. The number of halogens is 1. The zero-order valence-electron chi connectivity index (χ0n) is 25.8. The minimum atomic E-state index is -3.35. The Morgan fingerprint density at radius 3 is 2.73 bits per heavy atom. The molecule has 0 saturated heterocycles. The van der Waals surface area contributed by atoms with Crippen LogP contribution in [0, 0.1) is 11.8 Å². The monoisotopic (exact) mass is 644 g/mol. The van der Waals surface area contributed by atoms with Crippen LogP contribution in [-0.2, 0) is 27.6 Å². The minimum Gasteiger partial charge on any atom is -0.491 e. The Hall–Kier alpha value is -2.82. The number of benzene rings is 2. The van der Waals surface area contributed by atoms with Crippen LogP contribution in [0.4, 0.5) is 10.5 Å². The average molecular weight is 645 g/mol. The maximum absolute atomic E-state index is 13.9. The first-order valence-electron chi connectivity index (χ1n) is 15.9. The van der Waals surface area contributed by atoms with Crippen molar-refractivity contribution >= 4 is 39.1 Å². The van der Waals surface area contributed by atoms with E-state index >= 15 is 0 Å². The zero-order chi connectivity index (χ0) is 31.1. The van der Waals surface area contributed by atoms with Gasteiger partial charge in [0.2, 0.25) is 0 Å². The molecule has 5 rings (SSSR count). The molecular weight excluding hydrogens is 600 g/mol. The molecule has 4 atom stereocenters. The van der Waals surface area contributed by atoms with E-state index in [-0.39, 0.29) is 11.9 Å². The van der Waals surface area contributed by atoms with Crippen molar-refractivity contribution in [1.29, 1.82) is 0 Å². The lowest BCUT2D eigenvalue weighted by Gasteiger charge is -2.44. The molecule has 0 unspecified atom stereocenters. The van der Waals surface area contributed by atoms with Crippen LogP contribution < -0.4 is 19.7 Å². The smallest absolute Gasteiger partial charge is 0.327 e. The molecule has 3 aliphatic rings. The standard InChI is InChI=1S/C33H45ClN4O5S/c1-3-35-33(40)37-44(41)18-8-4-5-10-30(42-2)28-15-12-26(28)22-38-21-25-11-14-27(34)19-23(25)9-6-7-17-43-31-16-13-24(20-29(31)38)32(39)36-44/h11,13-14,16,19-20,26,28,30H,3-10,12,15,17-18,21-22H2,1-2H3,(H2,35,36,37,39,40,41)/t26-,28+,30-,44+/m0/s1. The summed E-state index contributed by atoms with van der Waals surface area (Å²) in [6.45, 7) is 4.11. The molecule has 0 spiro atoms. The quantitative estimate of drug-likeness (QED) is 0.394. The van der Waals surface area contributed by atoms with Gasteiger partial charge in [-0.2, -0.15) is 0 Å². The van der Waals surface area contributed by atoms with Crippen LogP contribution in [0.3, 0.4) is 0 Å². The normalized spacial score (nSPS) is 26.4. The third kappa shape index (κ3) is 8.06. The van der Waals surface area contributed by atoms with Gasteiger partial charge in [0.1, 0.15) is 15.7 Å². The van der Waals surface area contributed by atoms with Crippen LogP contribution in [0.25, 0.3) is 0 Å². The van der Waals surface area contributed by atoms with Gasteiger partial charge < -0.3 is 19.7 Å². The number of methoxy groups -OCH3 is 1. The second kappa shape index (κ2) is 15.0. The number of aryl methyl sites for hydroxylation is 1. The van der Waals surface area contributed by atoms with Crippen molar-refractivity contribution in [2.45, 2.75) is 77.4 Å². The van der Waals surface area contributed by atoms with Gasteiger partial charge in [-0.15, -0.1) is 4.36 Å². The van der Waals surface area contributed by atoms with Gasteiger partial charge in [-0.1, -0.05) is 30.5 Å². The molecule has 44 heavy (non-hydrogen) atoms. The SMILES string of the molecule is CCNC(=O)N[S@]1(=O)=NC(=O)c2ccc3c(c2)N(Cc2ccc(Cl)cc2CCCCO3)C[C@@H]2CC[C@H]2[C@@H](OC)CCCCC1. The number of carbonyl (C=O) groups excluding carboxylic acids is 2. The van der Waals surface area contributed by atoms with Gasteiger partial charge in [0.15, 0.2) is 0 Å². The maximum Gasteiger partial charge on any atom is 0.327 e. The second-order valence-electron chi connectivity index (χ2n) is 12.1. The Morgan fingerprint density at radius 2 is 1.95 bits per heavy atom. The molecule has 0 aromatic heterocycles. The van der Waals surface area contributed by atoms with E-state index in [4.69, 9.17) is 21.1 Å². The summed E-state index contributed by atoms with van der Waals surface area (Å²) in [5.41, 5.74) is 3.54. The summed E-state index contributed by atoms with van der Waals surface area (Å²) in [7, 11) is -1.55. The molecule has 2 aliphatic heterocycles. The molecule has 2 aromatic carbocycles. The largest absolute Gasteiger partial charge is 0.491 e. The molecule has 2 aromatic rings. The van der Waals surface area contributed by atoms with E-state index in [1.165, 1.54) is 11.1 Å². The Labute approximate surface area is 266 Å². The number of hydrogen-bond donors (Lipinski definition) is 2. The van der Waals surface area contributed by atoms with E-state index in [1.54, 1.807) is 20.1 Å². The van der Waals surface area contributed by atoms with Crippen LogP contribution in [0.15, 0.2) is 40.8 Å². The van der Waals surface area contributed by atoms with Crippen LogP contribution >= 0.6 is 11.6 Å². The number of nitrogens with zero attached hydrogens (tertiary/aromatic N) is 2. The van der Waals surface area contributed by atoms with Gasteiger partial charge in [-0.3, -0.25) is 9.52 Å². The van der Waals surface area contributed by atoms with Crippen molar-refractivity contribution in [2.75, 3.05) is 37.5 Å². The number of hydrogen-bond acceptors (Lipinski definition) is 6. The number of ether oxygens (including phenoxy) is 2. The molecule has 3 amide bonds. The first-order valence-corrected chi connectivity index (χ1v) is 18.0. The Morgan fingerprint density at radius 1 is 1.09 bits per heavy atom. The highest BCUT2D eigenvalue weighted by Crippen LogP contribution is 2.42. The number of rotatable bonds is 3. The Kier molecular flexibility index (Phi) is 11.1. The summed E-state index contributed by atoms with van der Waals surface area (Å²) in [5, 5.41) is 3.33. The number of fused-ring (bicyclic) bond motifs is 3. The first kappa shape index (κ1) is 32.6. The van der Waals surface area contributed by atoms with E-state index < -0.39 is 21.9 Å². The van der Waals surface area contributed by atoms with Crippen LogP contribution in [0.2, 0.25) is 5.02 Å². The number of carbonyl (C=O) groups is 2. The molecule has 1 aliphatic carbocycles. The lowest BCUT2D eigenvalue weighted by molar-refractivity contribution is -0.0218. The predicted octanol–water partition coefficient (Wildman–Crippen LogP) is 6.52. The molecule has 2 bridgehead atoms. The molecule has 2 heterocycles. The van der Waals surface area contributed by atoms with Crippen LogP contribution in [0.1, 0.15) is 79.8 Å². The van der Waals surface area contributed by atoms with Crippen molar-refractivity contribution in [3.63, 3.8) is 0 Å². The van der Waals surface area contributed by atoms with E-state index in [2.05, 4.69) is 31.4 Å². The molecule has 240 valence electrons. The zero-order valence-corrected chi connectivity index (χ0v) is 27.4. The van der Waals surface area contributed by atoms with Crippen molar-refractivity contribution < 1.29 is 23.3 Å². The Bertz CT molecular complexity index is 1460. The molecule has 2 N–H and O–H groups in total. The van der Waals surface area contributed by atoms with E-state index in [1.807, 2.05) is 18.2 Å². The van der Waals surface area contributed by atoms with Gasteiger partial charge in [-0.25, -0.2) is 9.00 Å². The molecule has 1 fully saturated rings. The molecule has 11 heteroatoms. The van der Waals surface area contributed by atoms with E-state index in [9.17, 15) is 13.8 Å². The number of nitrogens with one attached hydrogen (secondary N) is 2. The molecule has 1 saturated carbocycles. The summed E-state index contributed by atoms with van der Waals surface area (Å²) in [6, 6.07) is 10.8. The summed E-state index contributed by atoms with van der Waals surface area (Å²) in [5.74, 6) is 1.05. The molecular formula is C33H45ClN4O5S. The second-order valence-corrected chi connectivity index (χ2v) is 14.6.